The predicted octanol–water partition coefficient (Wildman–Crippen LogP) is 3.71. The van der Waals surface area contributed by atoms with E-state index in [1.165, 1.54) is 19.3 Å². The van der Waals surface area contributed by atoms with Crippen LogP contribution >= 0.6 is 11.6 Å². The fraction of sp³-hybridized carbons (Fsp3) is 0.562. The van der Waals surface area contributed by atoms with Crippen LogP contribution in [0.5, 0.6) is 5.75 Å². The van der Waals surface area contributed by atoms with E-state index in [9.17, 15) is 9.90 Å². The number of carbonyl (C=O) groups is 1. The third kappa shape index (κ3) is 3.26. The number of benzene rings is 1. The molecule has 0 bridgehead atoms. The van der Waals surface area contributed by atoms with Crippen LogP contribution in [0, 0.1) is 6.92 Å². The molecule has 0 saturated heterocycles. The van der Waals surface area contributed by atoms with Crippen LogP contribution in [0.1, 0.15) is 48.0 Å². The molecule has 0 atom stereocenters. The third-order valence-corrected chi connectivity index (χ3v) is 4.31. The van der Waals surface area contributed by atoms with Gasteiger partial charge in [-0.15, -0.1) is 11.6 Å². The maximum Gasteiger partial charge on any atom is 0.254 e. The number of carbonyl (C=O) groups excluding carboxylic acids is 1. The van der Waals surface area contributed by atoms with Crippen molar-refractivity contribution < 1.29 is 9.90 Å². The Bertz CT molecular complexity index is 470. The molecule has 1 aromatic rings. The molecule has 0 aliphatic heterocycles. The molecule has 0 aromatic heterocycles. The Balaban J connectivity index is 2.23. The van der Waals surface area contributed by atoms with Gasteiger partial charge in [-0.25, -0.2) is 0 Å². The van der Waals surface area contributed by atoms with Gasteiger partial charge in [-0.05, 0) is 31.9 Å². The SMILES string of the molecule is Cc1c(O)cccc1C(=O)N(CCCl)C1CCCCC1. The van der Waals surface area contributed by atoms with Gasteiger partial charge in [-0.3, -0.25) is 4.79 Å². The van der Waals surface area contributed by atoms with Gasteiger partial charge in [0.1, 0.15) is 5.75 Å². The number of amides is 1. The van der Waals surface area contributed by atoms with Crippen molar-refractivity contribution in [3.63, 3.8) is 0 Å². The second kappa shape index (κ2) is 6.98. The number of aromatic hydroxyl groups is 1. The highest BCUT2D eigenvalue weighted by Gasteiger charge is 2.26. The van der Waals surface area contributed by atoms with E-state index in [1.54, 1.807) is 25.1 Å². The molecule has 0 spiro atoms. The van der Waals surface area contributed by atoms with Gasteiger partial charge in [0.15, 0.2) is 0 Å². The quantitative estimate of drug-likeness (QED) is 0.860. The van der Waals surface area contributed by atoms with Crippen molar-refractivity contribution in [3.05, 3.63) is 29.3 Å². The Hall–Kier alpha value is -1.22. The van der Waals surface area contributed by atoms with E-state index < -0.39 is 0 Å². The fourth-order valence-electron chi connectivity index (χ4n) is 2.94. The van der Waals surface area contributed by atoms with Gasteiger partial charge in [0.25, 0.3) is 5.91 Å². The summed E-state index contributed by atoms with van der Waals surface area (Å²) in [6.07, 6.45) is 5.72. The van der Waals surface area contributed by atoms with Crippen LogP contribution in [0.3, 0.4) is 0 Å². The number of hydrogen-bond acceptors (Lipinski definition) is 2. The summed E-state index contributed by atoms with van der Waals surface area (Å²) in [7, 11) is 0. The molecule has 3 nitrogen and oxygen atoms in total. The molecule has 1 fully saturated rings. The zero-order valence-corrected chi connectivity index (χ0v) is 12.7. The average Bonchev–Trinajstić information content (AvgIpc) is 2.48. The molecule has 1 aliphatic rings. The minimum Gasteiger partial charge on any atom is -0.508 e. The lowest BCUT2D eigenvalue weighted by molar-refractivity contribution is 0.0648. The molecule has 0 heterocycles. The molecule has 20 heavy (non-hydrogen) atoms. The number of hydrogen-bond donors (Lipinski definition) is 1. The van der Waals surface area contributed by atoms with Crippen molar-refractivity contribution in [1.82, 2.24) is 4.90 Å². The van der Waals surface area contributed by atoms with Crippen molar-refractivity contribution in [2.75, 3.05) is 12.4 Å². The summed E-state index contributed by atoms with van der Waals surface area (Å²) in [5.41, 5.74) is 1.23. The first-order valence-corrected chi connectivity index (χ1v) is 7.84. The lowest BCUT2D eigenvalue weighted by Gasteiger charge is -2.34. The van der Waals surface area contributed by atoms with Crippen LogP contribution in [0.4, 0.5) is 0 Å². The van der Waals surface area contributed by atoms with E-state index in [2.05, 4.69) is 0 Å². The summed E-state index contributed by atoms with van der Waals surface area (Å²) in [5.74, 6) is 0.608. The smallest absolute Gasteiger partial charge is 0.254 e. The first kappa shape index (κ1) is 15.2. The van der Waals surface area contributed by atoms with E-state index in [4.69, 9.17) is 11.6 Å². The van der Waals surface area contributed by atoms with Crippen molar-refractivity contribution in [2.45, 2.75) is 45.1 Å². The molecule has 1 amide bonds. The minimum atomic E-state index is -0.00838. The average molecular weight is 296 g/mol. The number of halogens is 1. The topological polar surface area (TPSA) is 40.5 Å². The molecule has 4 heteroatoms. The lowest BCUT2D eigenvalue weighted by Crippen LogP contribution is -2.42. The van der Waals surface area contributed by atoms with Crippen LogP contribution in [-0.4, -0.2) is 34.4 Å². The third-order valence-electron chi connectivity index (χ3n) is 4.14. The first-order valence-electron chi connectivity index (χ1n) is 7.30. The van der Waals surface area contributed by atoms with Gasteiger partial charge in [-0.2, -0.15) is 0 Å². The normalized spacial score (nSPS) is 16.1. The van der Waals surface area contributed by atoms with Crippen LogP contribution in [0.2, 0.25) is 0 Å². The molecule has 0 unspecified atom stereocenters. The fourth-order valence-corrected chi connectivity index (χ4v) is 3.13. The Morgan fingerprint density at radius 3 is 2.70 bits per heavy atom. The molecule has 110 valence electrons. The number of nitrogens with zero attached hydrogens (tertiary/aromatic N) is 1. The zero-order chi connectivity index (χ0) is 14.5. The van der Waals surface area contributed by atoms with Gasteiger partial charge >= 0.3 is 0 Å². The van der Waals surface area contributed by atoms with Gasteiger partial charge < -0.3 is 10.0 Å². The van der Waals surface area contributed by atoms with E-state index in [0.717, 1.165) is 12.8 Å². The highest BCUT2D eigenvalue weighted by atomic mass is 35.5. The van der Waals surface area contributed by atoms with Crippen molar-refractivity contribution in [3.8, 4) is 5.75 Å². The summed E-state index contributed by atoms with van der Waals surface area (Å²) in [6.45, 7) is 2.35. The molecule has 2 rings (SSSR count). The predicted molar refractivity (Wildman–Crippen MR) is 81.5 cm³/mol. The van der Waals surface area contributed by atoms with Gasteiger partial charge in [0.05, 0.1) is 0 Å². The summed E-state index contributed by atoms with van der Waals surface area (Å²) in [6, 6.07) is 5.40. The second-order valence-corrected chi connectivity index (χ2v) is 5.81. The van der Waals surface area contributed by atoms with Gasteiger partial charge in [-0.1, -0.05) is 25.3 Å². The standard InChI is InChI=1S/C16H22ClNO2/c1-12-14(8-5-9-15(12)19)16(20)18(11-10-17)13-6-3-2-4-7-13/h5,8-9,13,19H,2-4,6-7,10-11H2,1H3. The Labute approximate surface area is 125 Å². The molecule has 1 N–H and O–H groups in total. The van der Waals surface area contributed by atoms with Crippen molar-refractivity contribution >= 4 is 17.5 Å². The Morgan fingerprint density at radius 2 is 2.05 bits per heavy atom. The minimum absolute atomic E-state index is 0.00838. The van der Waals surface area contributed by atoms with E-state index in [-0.39, 0.29) is 17.7 Å². The lowest BCUT2D eigenvalue weighted by atomic mass is 9.93. The number of alkyl halides is 1. The summed E-state index contributed by atoms with van der Waals surface area (Å²) in [5, 5.41) is 9.77. The molecule has 1 aromatic carbocycles. The number of phenolic OH excluding ortho intramolecular Hbond substituents is 1. The Morgan fingerprint density at radius 1 is 1.35 bits per heavy atom. The zero-order valence-electron chi connectivity index (χ0n) is 11.9. The maximum absolute atomic E-state index is 12.8. The largest absolute Gasteiger partial charge is 0.508 e. The van der Waals surface area contributed by atoms with Crippen LogP contribution < -0.4 is 0 Å². The van der Waals surface area contributed by atoms with Crippen LogP contribution in [-0.2, 0) is 0 Å². The highest BCUT2D eigenvalue weighted by molar-refractivity contribution is 6.18. The van der Waals surface area contributed by atoms with Gasteiger partial charge in [0.2, 0.25) is 0 Å². The molecule has 1 saturated carbocycles. The molecule has 0 radical (unpaired) electrons. The number of rotatable bonds is 4. The first-order chi connectivity index (χ1) is 9.65. The van der Waals surface area contributed by atoms with Crippen LogP contribution in [0.15, 0.2) is 18.2 Å². The van der Waals surface area contributed by atoms with E-state index in [0.29, 0.717) is 23.6 Å². The monoisotopic (exact) mass is 295 g/mol. The summed E-state index contributed by atoms with van der Waals surface area (Å²) >= 11 is 5.87. The molecular formula is C16H22ClNO2. The maximum atomic E-state index is 12.8. The van der Waals surface area contributed by atoms with Gasteiger partial charge in [0, 0.05) is 29.6 Å². The Kier molecular flexibility index (Phi) is 5.30. The van der Waals surface area contributed by atoms with Crippen LogP contribution in [0.25, 0.3) is 0 Å². The van der Waals surface area contributed by atoms with Crippen molar-refractivity contribution in [1.29, 1.82) is 0 Å². The second-order valence-electron chi connectivity index (χ2n) is 5.43. The summed E-state index contributed by atoms with van der Waals surface area (Å²) in [4.78, 5) is 14.7. The molecular weight excluding hydrogens is 274 g/mol. The highest BCUT2D eigenvalue weighted by Crippen LogP contribution is 2.26. The van der Waals surface area contributed by atoms with E-state index in [1.807, 2.05) is 4.90 Å². The van der Waals surface area contributed by atoms with Crippen molar-refractivity contribution in [2.24, 2.45) is 0 Å². The summed E-state index contributed by atoms with van der Waals surface area (Å²) < 4.78 is 0. The van der Waals surface area contributed by atoms with E-state index >= 15 is 0 Å². The molecule has 1 aliphatic carbocycles. The number of phenols is 1.